The molecule has 0 saturated heterocycles. The van der Waals surface area contributed by atoms with Gasteiger partial charge in [-0.2, -0.15) is 0 Å². The lowest BCUT2D eigenvalue weighted by Gasteiger charge is -2.10. The molecule has 4 rings (SSSR count). The van der Waals surface area contributed by atoms with Crippen LogP contribution >= 0.6 is 23.2 Å². The fourth-order valence-electron chi connectivity index (χ4n) is 3.63. The first-order valence-electron chi connectivity index (χ1n) is 10.9. The van der Waals surface area contributed by atoms with Crippen LogP contribution in [0.5, 0.6) is 11.5 Å². The molecule has 1 amide bonds. The molecule has 1 N–H and O–H groups in total. The molecule has 3 aromatic carbocycles. The molecule has 8 heteroatoms. The molecule has 0 bridgehead atoms. The van der Waals surface area contributed by atoms with Crippen molar-refractivity contribution in [2.24, 2.45) is 0 Å². The van der Waals surface area contributed by atoms with E-state index in [1.807, 2.05) is 24.3 Å². The van der Waals surface area contributed by atoms with E-state index < -0.39 is 0 Å². The molecule has 0 aliphatic heterocycles. The van der Waals surface area contributed by atoms with Gasteiger partial charge in [0.15, 0.2) is 5.58 Å². The summed E-state index contributed by atoms with van der Waals surface area (Å²) in [5.41, 5.74) is 4.42. The number of carbonyl (C=O) groups is 1. The van der Waals surface area contributed by atoms with E-state index in [-0.39, 0.29) is 5.91 Å². The molecule has 0 aliphatic carbocycles. The number of hydrogen-bond donors (Lipinski definition) is 1. The Labute approximate surface area is 213 Å². The summed E-state index contributed by atoms with van der Waals surface area (Å²) in [6, 6.07) is 14.6. The predicted molar refractivity (Wildman–Crippen MR) is 141 cm³/mol. The van der Waals surface area contributed by atoms with E-state index in [4.69, 9.17) is 37.1 Å². The second-order valence-electron chi connectivity index (χ2n) is 8.15. The number of carbonyl (C=O) groups excluding carboxylic acids is 1. The fourth-order valence-corrected chi connectivity index (χ4v) is 4.21. The minimum Gasteiger partial charge on any atom is -0.495 e. The van der Waals surface area contributed by atoms with Crippen LogP contribution in [0.4, 0.5) is 5.69 Å². The SMILES string of the molecule is COc1ccc(-c2nc3cc(C(C)C)ccc3o2)cc1NC(=O)/C=C/c1cc(Cl)cc(Cl)c1OC. The molecule has 0 spiro atoms. The predicted octanol–water partition coefficient (Wildman–Crippen LogP) is 7.59. The molecule has 6 nitrogen and oxygen atoms in total. The van der Waals surface area contributed by atoms with Gasteiger partial charge in [0.05, 0.1) is 24.9 Å². The van der Waals surface area contributed by atoms with E-state index in [2.05, 4.69) is 24.1 Å². The van der Waals surface area contributed by atoms with Gasteiger partial charge in [-0.15, -0.1) is 0 Å². The number of hydrogen-bond acceptors (Lipinski definition) is 5. The van der Waals surface area contributed by atoms with Gasteiger partial charge in [0.1, 0.15) is 17.0 Å². The van der Waals surface area contributed by atoms with Crippen molar-refractivity contribution in [3.05, 3.63) is 75.8 Å². The number of halogens is 2. The maximum atomic E-state index is 12.7. The Hall–Kier alpha value is -3.48. The van der Waals surface area contributed by atoms with Gasteiger partial charge in [0.25, 0.3) is 0 Å². The summed E-state index contributed by atoms with van der Waals surface area (Å²) in [6.45, 7) is 4.26. The van der Waals surface area contributed by atoms with Gasteiger partial charge in [-0.1, -0.05) is 43.1 Å². The highest BCUT2D eigenvalue weighted by atomic mass is 35.5. The Morgan fingerprint density at radius 3 is 2.57 bits per heavy atom. The number of nitrogens with one attached hydrogen (secondary N) is 1. The number of benzene rings is 3. The molecule has 1 aromatic heterocycles. The van der Waals surface area contributed by atoms with Crippen molar-refractivity contribution in [1.82, 2.24) is 4.98 Å². The Morgan fingerprint density at radius 1 is 1.06 bits per heavy atom. The fraction of sp³-hybridized carbons (Fsp3) is 0.185. The minimum absolute atomic E-state index is 0.355. The first-order valence-corrected chi connectivity index (χ1v) is 11.7. The largest absolute Gasteiger partial charge is 0.495 e. The number of oxazole rings is 1. The normalized spacial score (nSPS) is 11.4. The highest BCUT2D eigenvalue weighted by Gasteiger charge is 2.14. The highest BCUT2D eigenvalue weighted by molar-refractivity contribution is 6.36. The van der Waals surface area contributed by atoms with Crippen molar-refractivity contribution in [2.45, 2.75) is 19.8 Å². The van der Waals surface area contributed by atoms with E-state index in [9.17, 15) is 4.79 Å². The summed E-state index contributed by atoms with van der Waals surface area (Å²) >= 11 is 12.3. The van der Waals surface area contributed by atoms with E-state index in [0.29, 0.717) is 55.8 Å². The molecular formula is C27H24Cl2N2O4. The second kappa shape index (κ2) is 10.4. The topological polar surface area (TPSA) is 73.6 Å². The molecule has 180 valence electrons. The summed E-state index contributed by atoms with van der Waals surface area (Å²) < 4.78 is 16.7. The Morgan fingerprint density at radius 2 is 1.86 bits per heavy atom. The lowest BCUT2D eigenvalue weighted by atomic mass is 10.0. The third-order valence-electron chi connectivity index (χ3n) is 5.44. The molecule has 0 unspecified atom stereocenters. The average Bonchev–Trinajstić information content (AvgIpc) is 3.26. The number of nitrogens with zero attached hydrogens (tertiary/aromatic N) is 1. The number of ether oxygens (including phenoxy) is 2. The first-order chi connectivity index (χ1) is 16.8. The van der Waals surface area contributed by atoms with Gasteiger partial charge >= 0.3 is 0 Å². The van der Waals surface area contributed by atoms with E-state index in [1.54, 1.807) is 30.3 Å². The smallest absolute Gasteiger partial charge is 0.248 e. The van der Waals surface area contributed by atoms with Crippen LogP contribution in [0.1, 0.15) is 30.9 Å². The van der Waals surface area contributed by atoms with Gasteiger partial charge < -0.3 is 19.2 Å². The molecule has 0 radical (unpaired) electrons. The number of anilines is 1. The molecule has 1 heterocycles. The van der Waals surface area contributed by atoms with Crippen LogP contribution in [-0.2, 0) is 4.79 Å². The molecular weight excluding hydrogens is 487 g/mol. The lowest BCUT2D eigenvalue weighted by molar-refractivity contribution is -0.111. The zero-order valence-electron chi connectivity index (χ0n) is 19.7. The van der Waals surface area contributed by atoms with Crippen LogP contribution in [-0.4, -0.2) is 25.1 Å². The Balaban J connectivity index is 1.61. The van der Waals surface area contributed by atoms with Gasteiger partial charge in [-0.25, -0.2) is 4.98 Å². The zero-order chi connectivity index (χ0) is 25.1. The van der Waals surface area contributed by atoms with Crippen LogP contribution < -0.4 is 14.8 Å². The molecule has 4 aromatic rings. The third-order valence-corrected chi connectivity index (χ3v) is 5.94. The highest BCUT2D eigenvalue weighted by Crippen LogP contribution is 2.34. The van der Waals surface area contributed by atoms with Crippen LogP contribution in [0.3, 0.4) is 0 Å². The molecule has 35 heavy (non-hydrogen) atoms. The summed E-state index contributed by atoms with van der Waals surface area (Å²) in [5.74, 6) is 1.39. The Bertz CT molecular complexity index is 1430. The van der Waals surface area contributed by atoms with E-state index in [0.717, 1.165) is 5.52 Å². The maximum Gasteiger partial charge on any atom is 0.248 e. The quantitative estimate of drug-likeness (QED) is 0.259. The van der Waals surface area contributed by atoms with Crippen LogP contribution in [0.25, 0.3) is 28.6 Å². The summed E-state index contributed by atoms with van der Waals surface area (Å²) in [6.07, 6.45) is 2.94. The summed E-state index contributed by atoms with van der Waals surface area (Å²) in [5, 5.41) is 3.63. The number of rotatable bonds is 7. The van der Waals surface area contributed by atoms with Gasteiger partial charge in [-0.3, -0.25) is 4.79 Å². The molecule has 0 saturated carbocycles. The van der Waals surface area contributed by atoms with Crippen molar-refractivity contribution in [2.75, 3.05) is 19.5 Å². The van der Waals surface area contributed by atoms with E-state index >= 15 is 0 Å². The van der Waals surface area contributed by atoms with Crippen LogP contribution in [0.15, 0.2) is 59.0 Å². The van der Waals surface area contributed by atoms with Crippen molar-refractivity contribution >= 4 is 52.0 Å². The summed E-state index contributed by atoms with van der Waals surface area (Å²) in [7, 11) is 3.03. The monoisotopic (exact) mass is 510 g/mol. The molecule has 0 atom stereocenters. The minimum atomic E-state index is -0.377. The van der Waals surface area contributed by atoms with Crippen molar-refractivity contribution < 1.29 is 18.7 Å². The maximum absolute atomic E-state index is 12.7. The van der Waals surface area contributed by atoms with Crippen LogP contribution in [0, 0.1) is 0 Å². The molecule has 0 fully saturated rings. The van der Waals surface area contributed by atoms with Gasteiger partial charge in [0, 0.05) is 22.2 Å². The summed E-state index contributed by atoms with van der Waals surface area (Å²) in [4.78, 5) is 17.4. The van der Waals surface area contributed by atoms with Crippen molar-refractivity contribution in [3.8, 4) is 23.0 Å². The van der Waals surface area contributed by atoms with Gasteiger partial charge in [-0.05, 0) is 60.0 Å². The van der Waals surface area contributed by atoms with Gasteiger partial charge in [0.2, 0.25) is 11.8 Å². The first kappa shape index (κ1) is 24.6. The lowest BCUT2D eigenvalue weighted by Crippen LogP contribution is -2.09. The number of methoxy groups -OCH3 is 2. The average molecular weight is 511 g/mol. The number of amides is 1. The Kier molecular flexibility index (Phi) is 7.34. The molecule has 0 aliphatic rings. The third kappa shape index (κ3) is 5.45. The standard InChI is InChI=1S/C27H24Cl2N2O4/c1-15(2)16-5-9-24-22(12-16)31-27(35-24)18-6-8-23(33-3)21(13-18)30-25(32)10-7-17-11-19(28)14-20(29)26(17)34-4/h5-15H,1-4H3,(H,30,32)/b10-7+. The van der Waals surface area contributed by atoms with Crippen molar-refractivity contribution in [3.63, 3.8) is 0 Å². The number of aromatic nitrogens is 1. The second-order valence-corrected chi connectivity index (χ2v) is 8.99. The number of fused-ring (bicyclic) bond motifs is 1. The van der Waals surface area contributed by atoms with Crippen molar-refractivity contribution in [1.29, 1.82) is 0 Å². The van der Waals surface area contributed by atoms with E-state index in [1.165, 1.54) is 25.9 Å². The van der Waals surface area contributed by atoms with Crippen LogP contribution in [0.2, 0.25) is 10.0 Å². The zero-order valence-corrected chi connectivity index (χ0v) is 21.2.